The molecule has 0 unspecified atom stereocenters. The van der Waals surface area contributed by atoms with Gasteiger partial charge in [0.05, 0.1) is 0 Å². The van der Waals surface area contributed by atoms with Crippen LogP contribution in [0.4, 0.5) is 4.79 Å². The maximum Gasteiger partial charge on any atom is 0.325 e. The fourth-order valence-corrected chi connectivity index (χ4v) is 6.84. The van der Waals surface area contributed by atoms with Crippen LogP contribution in [0.3, 0.4) is 0 Å². The lowest BCUT2D eigenvalue weighted by Gasteiger charge is -2.59. The van der Waals surface area contributed by atoms with E-state index in [0.717, 1.165) is 22.7 Å². The molecular weight excluding hydrogens is 342 g/mol. The Hall–Kier alpha value is -1.59. The zero-order valence-electron chi connectivity index (χ0n) is 16.8. The summed E-state index contributed by atoms with van der Waals surface area (Å²) in [7, 11) is 0. The highest BCUT2D eigenvalue weighted by atomic mass is 16.2. The highest BCUT2D eigenvalue weighted by Gasteiger charge is 2.54. The number of rotatable bonds is 6. The van der Waals surface area contributed by atoms with Crippen molar-refractivity contribution in [1.29, 1.82) is 0 Å². The molecule has 1 heterocycles. The average Bonchev–Trinajstić information content (AvgIpc) is 2.85. The van der Waals surface area contributed by atoms with Gasteiger partial charge >= 0.3 is 6.03 Å². The number of nitrogens with one attached hydrogen (secondary N) is 2. The molecule has 5 rings (SSSR count). The first-order valence-corrected chi connectivity index (χ1v) is 10.7. The van der Waals surface area contributed by atoms with E-state index >= 15 is 0 Å². The quantitative estimate of drug-likeness (QED) is 0.701. The Morgan fingerprint density at radius 3 is 2.07 bits per heavy atom. The first kappa shape index (κ1) is 18.8. The fourth-order valence-electron chi connectivity index (χ4n) is 6.84. The number of urea groups is 1. The lowest BCUT2D eigenvalue weighted by Crippen LogP contribution is -2.57. The summed E-state index contributed by atoms with van der Waals surface area (Å²) in [6, 6.07) is -0.345. The largest absolute Gasteiger partial charge is 0.352 e. The van der Waals surface area contributed by atoms with E-state index in [1.54, 1.807) is 0 Å². The van der Waals surface area contributed by atoms with Gasteiger partial charge in [-0.25, -0.2) is 4.79 Å². The molecule has 1 atom stereocenters. The molecule has 1 saturated heterocycles. The van der Waals surface area contributed by atoms with Gasteiger partial charge in [-0.05, 0) is 81.5 Å². The van der Waals surface area contributed by atoms with Crippen LogP contribution < -0.4 is 10.6 Å². The Bertz CT molecular complexity index is 620. The molecule has 27 heavy (non-hydrogen) atoms. The molecular formula is C21H33N3O3. The number of imide groups is 1. The molecule has 2 N–H and O–H groups in total. The van der Waals surface area contributed by atoms with Gasteiger partial charge in [-0.2, -0.15) is 0 Å². The van der Waals surface area contributed by atoms with Crippen molar-refractivity contribution in [2.24, 2.45) is 23.2 Å². The van der Waals surface area contributed by atoms with E-state index in [1.807, 2.05) is 13.8 Å². The third-order valence-electron chi connectivity index (χ3n) is 8.14. The van der Waals surface area contributed by atoms with Crippen LogP contribution in [0.2, 0.25) is 0 Å². The molecule has 4 amide bonds. The van der Waals surface area contributed by atoms with Gasteiger partial charge in [0.15, 0.2) is 0 Å². The van der Waals surface area contributed by atoms with E-state index in [9.17, 15) is 14.4 Å². The number of hydrogen-bond donors (Lipinski definition) is 2. The third-order valence-corrected chi connectivity index (χ3v) is 8.14. The van der Waals surface area contributed by atoms with E-state index in [2.05, 4.69) is 17.6 Å². The van der Waals surface area contributed by atoms with E-state index in [-0.39, 0.29) is 29.8 Å². The first-order chi connectivity index (χ1) is 12.8. The van der Waals surface area contributed by atoms with E-state index in [1.165, 1.54) is 38.5 Å². The summed E-state index contributed by atoms with van der Waals surface area (Å²) in [5, 5.41) is 5.95. The number of amides is 4. The first-order valence-electron chi connectivity index (χ1n) is 10.7. The molecule has 1 aliphatic heterocycles. The summed E-state index contributed by atoms with van der Waals surface area (Å²) in [4.78, 5) is 38.8. The lowest BCUT2D eigenvalue weighted by atomic mass is 9.48. The molecule has 0 aromatic rings. The summed E-state index contributed by atoms with van der Waals surface area (Å²) < 4.78 is 0. The highest BCUT2D eigenvalue weighted by molar-refractivity contribution is 6.09. The molecule has 0 aromatic heterocycles. The average molecular weight is 376 g/mol. The zero-order valence-corrected chi connectivity index (χ0v) is 16.8. The van der Waals surface area contributed by atoms with Crippen molar-refractivity contribution < 1.29 is 14.4 Å². The molecule has 0 radical (unpaired) electrons. The van der Waals surface area contributed by atoms with Crippen LogP contribution in [0, 0.1) is 23.2 Å². The van der Waals surface area contributed by atoms with Gasteiger partial charge in [0.25, 0.3) is 5.91 Å². The predicted molar refractivity (Wildman–Crippen MR) is 102 cm³/mol. The minimum absolute atomic E-state index is 0.0984. The highest BCUT2D eigenvalue weighted by Crippen LogP contribution is 2.61. The summed E-state index contributed by atoms with van der Waals surface area (Å²) in [6.07, 6.45) is 8.86. The second kappa shape index (κ2) is 6.49. The standard InChI is InChI=1S/C21H33N3O3/c1-4-21(5-2)18(26)24(19(27)23-21)12-17(25)22-13(3)20-9-14-6-15(10-20)8-16(7-14)11-20/h13-16H,4-12H2,1-3H3,(H,22,25)(H,23,27)/t13-,14?,15?,16?,20?/m0/s1. The van der Waals surface area contributed by atoms with Crippen LogP contribution in [-0.2, 0) is 9.59 Å². The van der Waals surface area contributed by atoms with Crippen molar-refractivity contribution in [2.45, 2.75) is 83.7 Å². The maximum absolute atomic E-state index is 12.7. The zero-order chi connectivity index (χ0) is 19.4. The number of carbonyl (C=O) groups excluding carboxylic acids is 3. The fraction of sp³-hybridized carbons (Fsp3) is 0.857. The van der Waals surface area contributed by atoms with Crippen LogP contribution in [0.25, 0.3) is 0 Å². The SMILES string of the molecule is CCC1(CC)NC(=O)N(CC(=O)N[C@@H](C)C23CC4CC(CC(C4)C2)C3)C1=O. The van der Waals surface area contributed by atoms with Gasteiger partial charge in [-0.3, -0.25) is 14.5 Å². The maximum atomic E-state index is 12.7. The van der Waals surface area contributed by atoms with E-state index in [0.29, 0.717) is 12.8 Å². The number of hydrogen-bond acceptors (Lipinski definition) is 3. The molecule has 6 heteroatoms. The monoisotopic (exact) mass is 375 g/mol. The molecule has 4 saturated carbocycles. The Morgan fingerprint density at radius 2 is 1.63 bits per heavy atom. The summed E-state index contributed by atoms with van der Waals surface area (Å²) in [5.41, 5.74) is -0.624. The minimum atomic E-state index is -0.844. The minimum Gasteiger partial charge on any atom is -0.352 e. The topological polar surface area (TPSA) is 78.5 Å². The second-order valence-electron chi connectivity index (χ2n) is 9.68. The second-order valence-corrected chi connectivity index (χ2v) is 9.68. The van der Waals surface area contributed by atoms with Gasteiger partial charge in [0, 0.05) is 6.04 Å². The summed E-state index contributed by atoms with van der Waals surface area (Å²) >= 11 is 0. The van der Waals surface area contributed by atoms with Crippen molar-refractivity contribution in [3.63, 3.8) is 0 Å². The van der Waals surface area contributed by atoms with Crippen LogP contribution >= 0.6 is 0 Å². The Labute approximate surface area is 161 Å². The lowest BCUT2D eigenvalue weighted by molar-refractivity contribution is -0.136. The molecule has 6 nitrogen and oxygen atoms in total. The molecule has 4 aliphatic carbocycles. The van der Waals surface area contributed by atoms with Crippen molar-refractivity contribution in [2.75, 3.05) is 6.54 Å². The number of nitrogens with zero attached hydrogens (tertiary/aromatic N) is 1. The van der Waals surface area contributed by atoms with Crippen LogP contribution in [0.1, 0.15) is 72.1 Å². The van der Waals surface area contributed by atoms with Crippen LogP contribution in [0.5, 0.6) is 0 Å². The number of carbonyl (C=O) groups is 3. The Morgan fingerprint density at radius 1 is 1.11 bits per heavy atom. The Balaban J connectivity index is 1.40. The van der Waals surface area contributed by atoms with Crippen molar-refractivity contribution in [3.8, 4) is 0 Å². The van der Waals surface area contributed by atoms with Gasteiger partial charge < -0.3 is 10.6 Å². The van der Waals surface area contributed by atoms with Crippen molar-refractivity contribution in [3.05, 3.63) is 0 Å². The van der Waals surface area contributed by atoms with Gasteiger partial charge in [0.1, 0.15) is 12.1 Å². The van der Waals surface area contributed by atoms with E-state index in [4.69, 9.17) is 0 Å². The molecule has 5 fully saturated rings. The smallest absolute Gasteiger partial charge is 0.325 e. The van der Waals surface area contributed by atoms with Crippen molar-refractivity contribution >= 4 is 17.8 Å². The molecule has 150 valence electrons. The predicted octanol–water partition coefficient (Wildman–Crippen LogP) is 2.82. The van der Waals surface area contributed by atoms with Gasteiger partial charge in [-0.1, -0.05) is 13.8 Å². The van der Waals surface area contributed by atoms with Gasteiger partial charge in [-0.15, -0.1) is 0 Å². The van der Waals surface area contributed by atoms with E-state index < -0.39 is 11.6 Å². The van der Waals surface area contributed by atoms with Gasteiger partial charge in [0.2, 0.25) is 5.91 Å². The molecule has 5 aliphatic rings. The third kappa shape index (κ3) is 2.95. The molecule has 4 bridgehead atoms. The normalized spacial score (nSPS) is 37.4. The summed E-state index contributed by atoms with van der Waals surface area (Å²) in [6.45, 7) is 5.73. The molecule has 0 spiro atoms. The summed E-state index contributed by atoms with van der Waals surface area (Å²) in [5.74, 6) is 2.00. The molecule has 0 aromatic carbocycles. The van der Waals surface area contributed by atoms with Crippen LogP contribution in [0.15, 0.2) is 0 Å². The van der Waals surface area contributed by atoms with Crippen molar-refractivity contribution in [1.82, 2.24) is 15.5 Å². The van der Waals surface area contributed by atoms with Crippen LogP contribution in [-0.4, -0.2) is 40.9 Å². The Kier molecular flexibility index (Phi) is 4.51.